The van der Waals surface area contributed by atoms with Gasteiger partial charge in [0.15, 0.2) is 5.05 Å². The highest BCUT2D eigenvalue weighted by atomic mass is 32.1. The summed E-state index contributed by atoms with van der Waals surface area (Å²) < 4.78 is 25.9. The number of ether oxygens (including phenoxy) is 2. The average Bonchev–Trinajstić information content (AvgIpc) is 3.11. The first kappa shape index (κ1) is 44.9. The molecule has 0 aromatic heterocycles. The number of aryl methyl sites for hydroxylation is 2. The van der Waals surface area contributed by atoms with Crippen molar-refractivity contribution in [3.05, 3.63) is 46.5 Å². The predicted molar refractivity (Wildman–Crippen MR) is 243 cm³/mol. The van der Waals surface area contributed by atoms with Crippen LogP contribution in [0, 0.1) is 11.8 Å². The number of esters is 1. The van der Waals surface area contributed by atoms with E-state index < -0.39 is 16.6 Å². The second kappa shape index (κ2) is 18.4. The highest BCUT2D eigenvalue weighted by Gasteiger charge is 2.45. The number of hydrogen-bond donors (Lipinski definition) is 0. The van der Waals surface area contributed by atoms with Crippen molar-refractivity contribution in [2.75, 3.05) is 0 Å². The minimum absolute atomic E-state index is 0.00829. The quantitative estimate of drug-likeness (QED) is 0.0699. The minimum Gasteiger partial charge on any atom is -0.543 e. The van der Waals surface area contributed by atoms with Crippen LogP contribution in [0.4, 0.5) is 0 Å². The number of rotatable bonds is 12. The molecule has 0 amide bonds. The zero-order chi connectivity index (χ0) is 41.1. The second-order valence-electron chi connectivity index (χ2n) is 20.5. The monoisotopic (exact) mass is 820 g/mol. The van der Waals surface area contributed by atoms with E-state index in [4.69, 9.17) is 30.5 Å². The lowest BCUT2D eigenvalue weighted by Crippen LogP contribution is -2.44. The molecule has 2 aliphatic carbocycles. The van der Waals surface area contributed by atoms with Gasteiger partial charge in [0.2, 0.25) is 16.6 Å². The fraction of sp³-hybridized carbons (Fsp3) is 0.708. The molecule has 2 aromatic carbocycles. The van der Waals surface area contributed by atoms with Gasteiger partial charge in [0.25, 0.3) is 0 Å². The molecule has 2 saturated carbocycles. The van der Waals surface area contributed by atoms with Gasteiger partial charge in [-0.25, -0.2) is 0 Å². The van der Waals surface area contributed by atoms with E-state index in [1.165, 1.54) is 80.0 Å². The normalized spacial score (nSPS) is 22.3. The molecular weight excluding hydrogens is 745 g/mol. The van der Waals surface area contributed by atoms with E-state index in [2.05, 4.69) is 106 Å². The summed E-state index contributed by atoms with van der Waals surface area (Å²) in [6.45, 7) is 27.5. The summed E-state index contributed by atoms with van der Waals surface area (Å²) in [5.74, 6) is 4.93. The molecule has 0 saturated heterocycles. The van der Waals surface area contributed by atoms with E-state index in [0.717, 1.165) is 73.0 Å². The summed E-state index contributed by atoms with van der Waals surface area (Å²) in [4.78, 5) is 12.7. The number of benzene rings is 2. The van der Waals surface area contributed by atoms with Gasteiger partial charge in [0.05, 0.1) is 5.92 Å². The Morgan fingerprint density at radius 2 is 1.00 bits per heavy atom. The molecule has 2 aromatic rings. The van der Waals surface area contributed by atoms with Crippen LogP contribution < -0.4 is 18.3 Å². The van der Waals surface area contributed by atoms with Crippen LogP contribution in [-0.4, -0.2) is 27.7 Å². The molecule has 312 valence electrons. The van der Waals surface area contributed by atoms with Crippen molar-refractivity contribution in [2.45, 2.75) is 206 Å². The summed E-state index contributed by atoms with van der Waals surface area (Å²) in [5.41, 5.74) is 5.05. The fourth-order valence-corrected chi connectivity index (χ4v) is 11.0. The minimum atomic E-state index is -1.98. The van der Waals surface area contributed by atoms with Crippen molar-refractivity contribution >= 4 is 39.9 Å². The zero-order valence-electron chi connectivity index (χ0n) is 37.4. The molecule has 0 radical (unpaired) electrons. The largest absolute Gasteiger partial charge is 0.543 e. The molecule has 2 fully saturated rings. The summed E-state index contributed by atoms with van der Waals surface area (Å²) >= 11 is 5.69. The predicted octanol–water partition coefficient (Wildman–Crippen LogP) is 14.8. The Bertz CT molecular complexity index is 1560. The van der Waals surface area contributed by atoms with Gasteiger partial charge < -0.3 is 18.3 Å². The van der Waals surface area contributed by atoms with Crippen molar-refractivity contribution in [3.8, 4) is 23.0 Å². The smallest absolute Gasteiger partial charge is 0.314 e. The summed E-state index contributed by atoms with van der Waals surface area (Å²) in [6, 6.07) is 8.96. The molecule has 6 rings (SSSR count). The molecule has 2 heterocycles. The van der Waals surface area contributed by atoms with E-state index in [0.29, 0.717) is 11.8 Å². The van der Waals surface area contributed by atoms with Crippen LogP contribution in [0.15, 0.2) is 24.3 Å². The van der Waals surface area contributed by atoms with Crippen LogP contribution in [0.2, 0.25) is 36.3 Å². The van der Waals surface area contributed by atoms with Crippen LogP contribution in [0.5, 0.6) is 23.0 Å². The summed E-state index contributed by atoms with van der Waals surface area (Å²) in [7, 11) is -3.91. The number of carbonyl (C=O) groups excluding carboxylic acids is 1. The van der Waals surface area contributed by atoms with Crippen molar-refractivity contribution in [2.24, 2.45) is 11.8 Å². The third kappa shape index (κ3) is 10.3. The average molecular weight is 821 g/mol. The van der Waals surface area contributed by atoms with E-state index in [1.807, 2.05) is 0 Å². The molecule has 4 atom stereocenters. The third-order valence-electron chi connectivity index (χ3n) is 14.1. The molecule has 5 nitrogen and oxygen atoms in total. The zero-order valence-corrected chi connectivity index (χ0v) is 40.2. The Morgan fingerprint density at radius 3 is 1.43 bits per heavy atom. The van der Waals surface area contributed by atoms with Crippen molar-refractivity contribution in [1.29, 1.82) is 0 Å². The SMILES string of the molecule is CCCCCc1cc2c(c(O[Si](C)(C)C(C)(C)C)c1)C1CCCC[C@H]1C(=O)O2.CCCCCc1cc2c(c(O[Si](C)(C)C(C)(C)C)c1)C1CCCC[C@H]1C(=S)O2. The van der Waals surface area contributed by atoms with Gasteiger partial charge in [0.1, 0.15) is 23.0 Å². The second-order valence-corrected chi connectivity index (χ2v) is 30.3. The lowest BCUT2D eigenvalue weighted by Gasteiger charge is -2.41. The molecule has 2 unspecified atom stereocenters. The van der Waals surface area contributed by atoms with Crippen molar-refractivity contribution in [1.82, 2.24) is 0 Å². The highest BCUT2D eigenvalue weighted by Crippen LogP contribution is 2.53. The molecular formula is C48H76O5SSi2. The molecule has 8 heteroatoms. The van der Waals surface area contributed by atoms with Gasteiger partial charge in [-0.1, -0.05) is 107 Å². The summed E-state index contributed by atoms with van der Waals surface area (Å²) in [6.07, 6.45) is 18.6. The molecule has 0 bridgehead atoms. The number of fused-ring (bicyclic) bond motifs is 6. The van der Waals surface area contributed by atoms with Crippen molar-refractivity contribution in [3.63, 3.8) is 0 Å². The van der Waals surface area contributed by atoms with Crippen LogP contribution >= 0.6 is 12.2 Å². The number of unbranched alkanes of at least 4 members (excludes halogenated alkanes) is 4. The Balaban J connectivity index is 0.000000214. The number of thiocarbonyl (C=S) groups is 1. The third-order valence-corrected chi connectivity index (χ3v) is 23.2. The standard InChI is InChI=1S/C24H38O3Si.C24H38O2SSi/c1-7-8-9-12-17-15-20-22(18-13-10-11-14-19(18)23(25)26-20)21(16-17)27-28(5,6)24(2,3)4;1-7-8-9-12-17-15-20-22(18-13-10-11-14-19(18)23(27)25-20)21(16-17)26-28(5,6)24(2,3)4/h2*15-16,18-19H,7-14H2,1-6H3/t2*18?,19-/m11/s1. The van der Waals surface area contributed by atoms with Gasteiger partial charge in [-0.3, -0.25) is 4.79 Å². The topological polar surface area (TPSA) is 54.0 Å². The van der Waals surface area contributed by atoms with Crippen LogP contribution in [0.1, 0.15) is 179 Å². The molecule has 56 heavy (non-hydrogen) atoms. The highest BCUT2D eigenvalue weighted by molar-refractivity contribution is 7.80. The summed E-state index contributed by atoms with van der Waals surface area (Å²) in [5, 5.41) is 1.12. The Labute approximate surface area is 349 Å². The number of hydrogen-bond acceptors (Lipinski definition) is 6. The molecule has 0 N–H and O–H groups in total. The van der Waals surface area contributed by atoms with Gasteiger partial charge >= 0.3 is 5.97 Å². The van der Waals surface area contributed by atoms with Crippen LogP contribution in [0.3, 0.4) is 0 Å². The van der Waals surface area contributed by atoms with Gasteiger partial charge in [-0.15, -0.1) is 0 Å². The first-order valence-electron chi connectivity index (χ1n) is 22.4. The first-order valence-corrected chi connectivity index (χ1v) is 28.7. The lowest BCUT2D eigenvalue weighted by molar-refractivity contribution is -0.142. The Kier molecular flexibility index (Phi) is 14.8. The maximum absolute atomic E-state index is 12.7. The van der Waals surface area contributed by atoms with Crippen molar-refractivity contribution < 1.29 is 23.1 Å². The van der Waals surface area contributed by atoms with E-state index in [1.54, 1.807) is 0 Å². The van der Waals surface area contributed by atoms with Crippen LogP contribution in [0.25, 0.3) is 0 Å². The van der Waals surface area contributed by atoms with E-state index in [-0.39, 0.29) is 27.9 Å². The fourth-order valence-electron chi connectivity index (χ4n) is 8.57. The maximum Gasteiger partial charge on any atom is 0.314 e. The molecule has 0 spiro atoms. The molecule has 2 aliphatic heterocycles. The van der Waals surface area contributed by atoms with Crippen LogP contribution in [-0.2, 0) is 17.6 Å². The Morgan fingerprint density at radius 1 is 0.607 bits per heavy atom. The van der Waals surface area contributed by atoms with Gasteiger partial charge in [-0.05, 0) is 135 Å². The van der Waals surface area contributed by atoms with E-state index in [9.17, 15) is 4.79 Å². The first-order chi connectivity index (χ1) is 26.3. The lowest BCUT2D eigenvalue weighted by atomic mass is 9.73. The van der Waals surface area contributed by atoms with Gasteiger partial charge in [0, 0.05) is 28.9 Å². The van der Waals surface area contributed by atoms with E-state index >= 15 is 0 Å². The molecule has 4 aliphatic rings. The maximum atomic E-state index is 12.7. The Hall–Kier alpha value is -2.17. The van der Waals surface area contributed by atoms with Gasteiger partial charge in [-0.2, -0.15) is 0 Å². The number of carbonyl (C=O) groups is 1.